The largest absolute Gasteiger partial charge is 0.573 e. The van der Waals surface area contributed by atoms with Crippen LogP contribution in [-0.4, -0.2) is 16.3 Å². The lowest BCUT2D eigenvalue weighted by Gasteiger charge is -2.11. The van der Waals surface area contributed by atoms with Gasteiger partial charge in [0, 0.05) is 0 Å². The highest BCUT2D eigenvalue weighted by molar-refractivity contribution is 6.17. The fourth-order valence-corrected chi connectivity index (χ4v) is 1.19. The Morgan fingerprint density at radius 2 is 2.12 bits per heavy atom. The first-order valence-corrected chi connectivity index (χ1v) is 4.50. The highest BCUT2D eigenvalue weighted by Crippen LogP contribution is 2.27. The van der Waals surface area contributed by atoms with E-state index in [1.807, 2.05) is 4.98 Å². The van der Waals surface area contributed by atoms with Crippen LogP contribution in [0.4, 0.5) is 18.9 Å². The highest BCUT2D eigenvalue weighted by Gasteiger charge is 2.33. The van der Waals surface area contributed by atoms with Crippen molar-refractivity contribution in [3.05, 3.63) is 32.2 Å². The van der Waals surface area contributed by atoms with Crippen LogP contribution in [0, 0.1) is 10.1 Å². The molecule has 1 aromatic rings. The number of hydrogen-bond donors (Lipinski definition) is 1. The molecule has 0 radical (unpaired) electrons. The van der Waals surface area contributed by atoms with Crippen LogP contribution in [0.2, 0.25) is 0 Å². The van der Waals surface area contributed by atoms with Crippen LogP contribution in [0.25, 0.3) is 0 Å². The number of halogens is 4. The van der Waals surface area contributed by atoms with Gasteiger partial charge in [0.15, 0.2) is 5.75 Å². The van der Waals surface area contributed by atoms with Crippen LogP contribution in [0.5, 0.6) is 5.75 Å². The summed E-state index contributed by atoms with van der Waals surface area (Å²) >= 11 is 5.28. The van der Waals surface area contributed by atoms with Gasteiger partial charge in [-0.15, -0.1) is 24.8 Å². The van der Waals surface area contributed by atoms with Crippen molar-refractivity contribution in [3.63, 3.8) is 0 Å². The quantitative estimate of drug-likeness (QED) is 0.517. The minimum atomic E-state index is -5.03. The molecule has 1 N–H and O–H groups in total. The fraction of sp³-hybridized carbons (Fsp3) is 0.286. The molecule has 10 heteroatoms. The maximum atomic E-state index is 12.0. The SMILES string of the molecule is O=c1[nH]c(CCl)c(OC(F)(F)F)cc1[N+](=O)[O-]. The Balaban J connectivity index is 3.32. The molecule has 6 nitrogen and oxygen atoms in total. The number of nitrogens with one attached hydrogen (secondary N) is 1. The van der Waals surface area contributed by atoms with Crippen molar-refractivity contribution in [1.82, 2.24) is 4.98 Å². The van der Waals surface area contributed by atoms with E-state index in [4.69, 9.17) is 11.6 Å². The van der Waals surface area contributed by atoms with Crippen LogP contribution in [0.3, 0.4) is 0 Å². The lowest BCUT2D eigenvalue weighted by atomic mass is 10.3. The summed E-state index contributed by atoms with van der Waals surface area (Å²) in [6.45, 7) is 0. The van der Waals surface area contributed by atoms with E-state index >= 15 is 0 Å². The Kier molecular flexibility index (Phi) is 3.61. The zero-order valence-electron chi connectivity index (χ0n) is 7.88. The van der Waals surface area contributed by atoms with Crippen molar-refractivity contribution in [3.8, 4) is 5.75 Å². The highest BCUT2D eigenvalue weighted by atomic mass is 35.5. The third kappa shape index (κ3) is 3.34. The van der Waals surface area contributed by atoms with E-state index < -0.39 is 34.2 Å². The smallest absolute Gasteiger partial charge is 0.404 e. The van der Waals surface area contributed by atoms with Crippen molar-refractivity contribution in [2.45, 2.75) is 12.2 Å². The van der Waals surface area contributed by atoms with E-state index in [-0.39, 0.29) is 5.69 Å². The number of nitrogens with zero attached hydrogens (tertiary/aromatic N) is 1. The molecule has 1 rings (SSSR count). The number of pyridine rings is 1. The normalized spacial score (nSPS) is 11.3. The molecule has 0 spiro atoms. The van der Waals surface area contributed by atoms with Crippen LogP contribution in [-0.2, 0) is 5.88 Å². The Morgan fingerprint density at radius 3 is 2.53 bits per heavy atom. The van der Waals surface area contributed by atoms with E-state index in [1.54, 1.807) is 0 Å². The van der Waals surface area contributed by atoms with Crippen molar-refractivity contribution < 1.29 is 22.8 Å². The van der Waals surface area contributed by atoms with E-state index in [2.05, 4.69) is 4.74 Å². The van der Waals surface area contributed by atoms with Gasteiger partial charge in [-0.3, -0.25) is 14.9 Å². The molecule has 0 saturated heterocycles. The second kappa shape index (κ2) is 4.62. The predicted octanol–water partition coefficient (Wildman–Crippen LogP) is 1.92. The monoisotopic (exact) mass is 272 g/mol. The topological polar surface area (TPSA) is 85.2 Å². The second-order valence-electron chi connectivity index (χ2n) is 2.77. The van der Waals surface area contributed by atoms with E-state index in [1.165, 1.54) is 0 Å². The van der Waals surface area contributed by atoms with E-state index in [0.29, 0.717) is 6.07 Å². The van der Waals surface area contributed by atoms with Crippen LogP contribution >= 0.6 is 11.6 Å². The Hall–Kier alpha value is -1.77. The molecule has 0 aliphatic heterocycles. The van der Waals surface area contributed by atoms with E-state index in [0.717, 1.165) is 0 Å². The van der Waals surface area contributed by atoms with Gasteiger partial charge in [0.1, 0.15) is 0 Å². The third-order valence-electron chi connectivity index (χ3n) is 1.62. The number of rotatable bonds is 3. The van der Waals surface area contributed by atoms with Crippen molar-refractivity contribution in [1.29, 1.82) is 0 Å². The maximum Gasteiger partial charge on any atom is 0.573 e. The number of ether oxygens (including phenoxy) is 1. The first-order valence-electron chi connectivity index (χ1n) is 3.97. The Morgan fingerprint density at radius 1 is 1.53 bits per heavy atom. The summed E-state index contributed by atoms with van der Waals surface area (Å²) in [6, 6.07) is 0.379. The molecule has 1 heterocycles. The fourth-order valence-electron chi connectivity index (χ4n) is 0.990. The van der Waals surface area contributed by atoms with Gasteiger partial charge in [0.2, 0.25) is 0 Å². The summed E-state index contributed by atoms with van der Waals surface area (Å²) in [5.74, 6) is -1.39. The standard InChI is InChI=1S/C7H4ClF3N2O4/c8-2-3-5(17-7(9,10)11)1-4(13(15)16)6(14)12-3/h1H,2H2,(H,12,14). The second-order valence-corrected chi connectivity index (χ2v) is 3.03. The average molecular weight is 273 g/mol. The summed E-state index contributed by atoms with van der Waals surface area (Å²) in [4.78, 5) is 22.1. The number of H-pyrrole nitrogens is 1. The van der Waals surface area contributed by atoms with Crippen molar-refractivity contribution in [2.75, 3.05) is 0 Å². The molecule has 0 atom stereocenters. The molecule has 0 bridgehead atoms. The third-order valence-corrected chi connectivity index (χ3v) is 1.89. The van der Waals surface area contributed by atoms with Crippen LogP contribution in [0.1, 0.15) is 5.69 Å². The van der Waals surface area contributed by atoms with Crippen LogP contribution in [0.15, 0.2) is 10.9 Å². The molecule has 0 aliphatic rings. The van der Waals surface area contributed by atoms with Gasteiger partial charge in [0.25, 0.3) is 0 Å². The number of alkyl halides is 4. The number of nitro groups is 1. The molecule has 17 heavy (non-hydrogen) atoms. The zero-order valence-corrected chi connectivity index (χ0v) is 8.63. The molecular formula is C7H4ClF3N2O4. The molecule has 0 amide bonds. The molecular weight excluding hydrogens is 269 g/mol. The van der Waals surface area contributed by atoms with Gasteiger partial charge in [-0.05, 0) is 0 Å². The van der Waals surface area contributed by atoms with Crippen molar-refractivity contribution >= 4 is 17.3 Å². The van der Waals surface area contributed by atoms with Gasteiger partial charge in [0.05, 0.1) is 22.6 Å². The molecule has 1 aromatic heterocycles. The first-order chi connectivity index (χ1) is 7.74. The van der Waals surface area contributed by atoms with Gasteiger partial charge < -0.3 is 9.72 Å². The predicted molar refractivity (Wildman–Crippen MR) is 50.0 cm³/mol. The summed E-state index contributed by atoms with van der Waals surface area (Å²) in [5.41, 5.74) is -2.60. The van der Waals surface area contributed by atoms with Crippen LogP contribution < -0.4 is 10.3 Å². The van der Waals surface area contributed by atoms with Gasteiger partial charge in [-0.2, -0.15) is 0 Å². The molecule has 0 saturated carbocycles. The molecule has 0 aromatic carbocycles. The Labute approximate surface area is 96.1 Å². The molecule has 0 fully saturated rings. The average Bonchev–Trinajstić information content (AvgIpc) is 2.17. The molecule has 0 aliphatic carbocycles. The Bertz CT molecular complexity index is 499. The summed E-state index contributed by atoms with van der Waals surface area (Å²) < 4.78 is 39.4. The van der Waals surface area contributed by atoms with Gasteiger partial charge in [-0.1, -0.05) is 0 Å². The number of aromatic amines is 1. The van der Waals surface area contributed by atoms with Gasteiger partial charge >= 0.3 is 17.6 Å². The molecule has 94 valence electrons. The maximum absolute atomic E-state index is 12.0. The zero-order chi connectivity index (χ0) is 13.2. The lowest BCUT2D eigenvalue weighted by molar-refractivity contribution is -0.386. The summed E-state index contributed by atoms with van der Waals surface area (Å²) in [5, 5.41) is 10.4. The van der Waals surface area contributed by atoms with E-state index in [9.17, 15) is 28.1 Å². The number of hydrogen-bond acceptors (Lipinski definition) is 4. The first kappa shape index (κ1) is 13.3. The summed E-state index contributed by atoms with van der Waals surface area (Å²) in [6.07, 6.45) is -5.03. The van der Waals surface area contributed by atoms with Crippen molar-refractivity contribution in [2.24, 2.45) is 0 Å². The lowest BCUT2D eigenvalue weighted by Crippen LogP contribution is -2.21. The van der Waals surface area contributed by atoms with Gasteiger partial charge in [-0.25, -0.2) is 0 Å². The molecule has 0 unspecified atom stereocenters. The minimum Gasteiger partial charge on any atom is -0.404 e. The minimum absolute atomic E-state index is 0.379. The number of aromatic nitrogens is 1. The summed E-state index contributed by atoms with van der Waals surface area (Å²) in [7, 11) is 0.